The van der Waals surface area contributed by atoms with Gasteiger partial charge in [-0.3, -0.25) is 4.98 Å². The van der Waals surface area contributed by atoms with Crippen LogP contribution in [0.15, 0.2) is 67.0 Å². The van der Waals surface area contributed by atoms with Crippen LogP contribution in [0.4, 0.5) is 34.6 Å². The summed E-state index contributed by atoms with van der Waals surface area (Å²) < 4.78 is 53.5. The van der Waals surface area contributed by atoms with Gasteiger partial charge < -0.3 is 10.6 Å². The van der Waals surface area contributed by atoms with E-state index in [4.69, 9.17) is 23.2 Å². The zero-order chi connectivity index (χ0) is 28.4. The van der Waals surface area contributed by atoms with Crippen LogP contribution >= 0.6 is 23.2 Å². The maximum absolute atomic E-state index is 13.6. The summed E-state index contributed by atoms with van der Waals surface area (Å²) in [4.78, 5) is 4.31. The molecule has 2 heterocycles. The van der Waals surface area contributed by atoms with E-state index < -0.39 is 17.6 Å². The minimum Gasteiger partial charge on any atom is -0.379 e. The van der Waals surface area contributed by atoms with Crippen molar-refractivity contribution in [3.8, 4) is 6.07 Å². The van der Waals surface area contributed by atoms with Crippen molar-refractivity contribution in [2.45, 2.75) is 19.3 Å². The number of nitriles is 1. The number of hydrogen-bond acceptors (Lipinski definition) is 6. The molecule has 13 heteroatoms. The summed E-state index contributed by atoms with van der Waals surface area (Å²) in [5.41, 5.74) is 2.68. The van der Waals surface area contributed by atoms with E-state index in [-0.39, 0.29) is 23.7 Å². The summed E-state index contributed by atoms with van der Waals surface area (Å²) >= 11 is 12.4. The third-order valence-corrected chi connectivity index (χ3v) is 6.50. The highest BCUT2D eigenvalue weighted by Crippen LogP contribution is 2.35. The fourth-order valence-corrected chi connectivity index (χ4v) is 4.42. The fourth-order valence-electron chi connectivity index (χ4n) is 3.97. The third-order valence-electron chi connectivity index (χ3n) is 5.92. The third kappa shape index (κ3) is 5.93. The molecular formula is C27H17Cl2F4N7. The van der Waals surface area contributed by atoms with Gasteiger partial charge in [0.15, 0.2) is 0 Å². The maximum Gasteiger partial charge on any atom is 0.416 e. The van der Waals surface area contributed by atoms with E-state index in [1.165, 1.54) is 41.2 Å². The van der Waals surface area contributed by atoms with E-state index in [0.29, 0.717) is 44.2 Å². The second-order valence-electron chi connectivity index (χ2n) is 8.72. The van der Waals surface area contributed by atoms with Gasteiger partial charge in [-0.25, -0.2) is 9.07 Å². The molecule has 0 atom stereocenters. The highest BCUT2D eigenvalue weighted by molar-refractivity contribution is 6.36. The largest absolute Gasteiger partial charge is 0.416 e. The number of pyridine rings is 1. The van der Waals surface area contributed by atoms with Gasteiger partial charge in [0.1, 0.15) is 17.6 Å². The number of nitrogens with zero attached hydrogens (tertiary/aromatic N) is 5. The highest BCUT2D eigenvalue weighted by atomic mass is 35.5. The number of rotatable bonds is 7. The van der Waals surface area contributed by atoms with Gasteiger partial charge in [0.05, 0.1) is 51.7 Å². The lowest BCUT2D eigenvalue weighted by Crippen LogP contribution is -2.06. The molecule has 0 fully saturated rings. The van der Waals surface area contributed by atoms with Crippen LogP contribution in [0.3, 0.4) is 0 Å². The molecule has 7 nitrogen and oxygen atoms in total. The molecular weight excluding hydrogens is 569 g/mol. The summed E-state index contributed by atoms with van der Waals surface area (Å²) in [5, 5.41) is 24.9. The maximum atomic E-state index is 13.6. The molecule has 3 aromatic carbocycles. The van der Waals surface area contributed by atoms with Crippen molar-refractivity contribution >= 4 is 51.2 Å². The van der Waals surface area contributed by atoms with Crippen LogP contribution in [0.1, 0.15) is 22.4 Å². The number of benzene rings is 3. The van der Waals surface area contributed by atoms with Crippen molar-refractivity contribution in [3.05, 3.63) is 105 Å². The topological polar surface area (TPSA) is 91.5 Å². The van der Waals surface area contributed by atoms with Gasteiger partial charge in [-0.05, 0) is 48.0 Å². The smallest absolute Gasteiger partial charge is 0.379 e. The average Bonchev–Trinajstić information content (AvgIpc) is 3.37. The van der Waals surface area contributed by atoms with Crippen molar-refractivity contribution in [1.29, 1.82) is 5.26 Å². The second-order valence-corrected chi connectivity index (χ2v) is 9.54. The van der Waals surface area contributed by atoms with Gasteiger partial charge in [-0.15, -0.1) is 5.10 Å². The van der Waals surface area contributed by atoms with E-state index in [2.05, 4.69) is 32.0 Å². The van der Waals surface area contributed by atoms with Gasteiger partial charge in [-0.2, -0.15) is 18.4 Å². The Bertz CT molecular complexity index is 1750. The molecule has 0 unspecified atom stereocenters. The molecule has 5 aromatic rings. The van der Waals surface area contributed by atoms with Crippen LogP contribution in [0, 0.1) is 17.1 Å². The molecule has 0 radical (unpaired) electrons. The molecule has 0 bridgehead atoms. The van der Waals surface area contributed by atoms with E-state index in [0.717, 1.165) is 12.1 Å². The highest BCUT2D eigenvalue weighted by Gasteiger charge is 2.29. The first-order valence-electron chi connectivity index (χ1n) is 11.6. The Hall–Kier alpha value is -4.40. The number of alkyl halides is 3. The summed E-state index contributed by atoms with van der Waals surface area (Å²) in [6, 6.07) is 14.5. The van der Waals surface area contributed by atoms with Crippen molar-refractivity contribution in [2.24, 2.45) is 0 Å². The standard InChI is InChI=1S/C27H17Cl2F4N7/c28-22-8-18(5-6-24(22)30)37-25-16(10-34)11-36-26-21(25)7-19(9-23(26)29)35-12-20-14-40(39-38-20)13-15-1-3-17(4-2-15)27(31,32)33/h1-9,11,14,35H,12-13H2,(H,36,37). The Morgan fingerprint density at radius 2 is 1.73 bits per heavy atom. The zero-order valence-electron chi connectivity index (χ0n) is 20.3. The first kappa shape index (κ1) is 27.2. The molecule has 0 saturated heterocycles. The Morgan fingerprint density at radius 1 is 0.975 bits per heavy atom. The van der Waals surface area contributed by atoms with Crippen molar-refractivity contribution in [2.75, 3.05) is 10.6 Å². The van der Waals surface area contributed by atoms with Crippen molar-refractivity contribution in [3.63, 3.8) is 0 Å². The van der Waals surface area contributed by atoms with Gasteiger partial charge in [0.25, 0.3) is 0 Å². The van der Waals surface area contributed by atoms with Crippen LogP contribution in [0.2, 0.25) is 10.0 Å². The number of anilines is 3. The molecule has 202 valence electrons. The SMILES string of the molecule is N#Cc1cnc2c(Cl)cc(NCc3cn(Cc4ccc(C(F)(F)F)cc4)nn3)cc2c1Nc1ccc(F)c(Cl)c1. The van der Waals surface area contributed by atoms with Crippen LogP contribution in [0.25, 0.3) is 10.9 Å². The zero-order valence-corrected chi connectivity index (χ0v) is 21.8. The minimum absolute atomic E-state index is 0.0753. The van der Waals surface area contributed by atoms with Gasteiger partial charge in [0, 0.05) is 23.0 Å². The first-order chi connectivity index (χ1) is 19.1. The number of hydrogen-bond donors (Lipinski definition) is 2. The number of nitrogens with one attached hydrogen (secondary N) is 2. The molecule has 0 aliphatic carbocycles. The molecule has 0 saturated carbocycles. The summed E-state index contributed by atoms with van der Waals surface area (Å²) in [6.07, 6.45) is -1.33. The van der Waals surface area contributed by atoms with Crippen LogP contribution in [-0.4, -0.2) is 20.0 Å². The molecule has 0 aliphatic heterocycles. The Labute approximate surface area is 235 Å². The lowest BCUT2D eigenvalue weighted by molar-refractivity contribution is -0.137. The fraction of sp³-hybridized carbons (Fsp3) is 0.111. The average molecular weight is 586 g/mol. The number of halogens is 6. The Morgan fingerprint density at radius 3 is 2.42 bits per heavy atom. The van der Waals surface area contributed by atoms with Crippen molar-refractivity contribution in [1.82, 2.24) is 20.0 Å². The van der Waals surface area contributed by atoms with Gasteiger partial charge in [0.2, 0.25) is 0 Å². The quantitative estimate of drug-likeness (QED) is 0.191. The lowest BCUT2D eigenvalue weighted by atomic mass is 10.1. The van der Waals surface area contributed by atoms with E-state index in [9.17, 15) is 22.8 Å². The summed E-state index contributed by atoms with van der Waals surface area (Å²) in [5.74, 6) is -0.571. The second kappa shape index (κ2) is 11.0. The van der Waals surface area contributed by atoms with Crippen molar-refractivity contribution < 1.29 is 17.6 Å². The predicted octanol–water partition coefficient (Wildman–Crippen LogP) is 7.57. The van der Waals surface area contributed by atoms with E-state index >= 15 is 0 Å². The molecule has 2 N–H and O–H groups in total. The van der Waals surface area contributed by atoms with E-state index in [1.807, 2.05) is 0 Å². The number of aromatic nitrogens is 4. The first-order valence-corrected chi connectivity index (χ1v) is 12.4. The predicted molar refractivity (Wildman–Crippen MR) is 144 cm³/mol. The summed E-state index contributed by atoms with van der Waals surface area (Å²) in [7, 11) is 0. The van der Waals surface area contributed by atoms with Crippen LogP contribution < -0.4 is 10.6 Å². The van der Waals surface area contributed by atoms with E-state index in [1.54, 1.807) is 18.3 Å². The lowest BCUT2D eigenvalue weighted by Gasteiger charge is -2.14. The van der Waals surface area contributed by atoms with Gasteiger partial charge in [-0.1, -0.05) is 40.5 Å². The van der Waals surface area contributed by atoms with Crippen LogP contribution in [0.5, 0.6) is 0 Å². The molecule has 0 aliphatic rings. The number of fused-ring (bicyclic) bond motifs is 1. The molecule has 40 heavy (non-hydrogen) atoms. The monoisotopic (exact) mass is 585 g/mol. The molecule has 2 aromatic heterocycles. The molecule has 0 spiro atoms. The molecule has 5 rings (SSSR count). The minimum atomic E-state index is -4.39. The molecule has 0 amide bonds. The van der Waals surface area contributed by atoms with Gasteiger partial charge >= 0.3 is 6.18 Å². The normalized spacial score (nSPS) is 11.4. The van der Waals surface area contributed by atoms with Crippen LogP contribution in [-0.2, 0) is 19.3 Å². The Balaban J connectivity index is 1.35. The summed E-state index contributed by atoms with van der Waals surface area (Å²) in [6.45, 7) is 0.508. The Kier molecular flexibility index (Phi) is 7.47.